The molecule has 9 rings (SSSR count). The minimum Gasteiger partial charge on any atom is -0.507 e. The summed E-state index contributed by atoms with van der Waals surface area (Å²) >= 11 is 0. The van der Waals surface area contributed by atoms with Crippen molar-refractivity contribution in [2.75, 3.05) is 74.0 Å². The minimum absolute atomic E-state index is 0.0304. The van der Waals surface area contributed by atoms with Crippen molar-refractivity contribution in [2.45, 2.75) is 63.6 Å². The van der Waals surface area contributed by atoms with E-state index >= 15 is 4.39 Å². The average molecular weight is 766 g/mol. The summed E-state index contributed by atoms with van der Waals surface area (Å²) in [4.78, 5) is 61.2. The number of piperazine rings is 1. The number of anilines is 3. The number of piperidine rings is 3. The van der Waals surface area contributed by atoms with Gasteiger partial charge in [-0.2, -0.15) is 0 Å². The van der Waals surface area contributed by atoms with Crippen LogP contribution >= 0.6 is 0 Å². The first-order valence-corrected chi connectivity index (χ1v) is 20.0. The molecule has 56 heavy (non-hydrogen) atoms. The summed E-state index contributed by atoms with van der Waals surface area (Å²) in [7, 11) is 0. The molecule has 2 aromatic carbocycles. The molecule has 3 N–H and O–H groups in total. The van der Waals surface area contributed by atoms with Crippen LogP contribution in [0.15, 0.2) is 42.5 Å². The Kier molecular flexibility index (Phi) is 9.60. The van der Waals surface area contributed by atoms with Gasteiger partial charge in [-0.05, 0) is 94.3 Å². The maximum absolute atomic E-state index is 15.6. The number of carbonyl (C=O) groups excluding carboxylic acids is 4. The normalized spacial score (nSPS) is 26.1. The number of likely N-dealkylation sites (tertiary alicyclic amines) is 1. The van der Waals surface area contributed by atoms with Gasteiger partial charge in [0.05, 0.1) is 34.2 Å². The third kappa shape index (κ3) is 6.74. The zero-order chi connectivity index (χ0) is 38.7. The number of phenolic OH excluding ortho intramolecular Hbond substituents is 1. The number of benzene rings is 2. The Bertz CT molecular complexity index is 2070. The number of rotatable bonds is 7. The number of imide groups is 2. The lowest BCUT2D eigenvalue weighted by atomic mass is 9.89. The molecule has 1 aromatic heterocycles. The molecule has 6 aliphatic heterocycles. The van der Waals surface area contributed by atoms with Crippen molar-refractivity contribution >= 4 is 40.8 Å². The van der Waals surface area contributed by atoms with Crippen LogP contribution in [0.2, 0.25) is 0 Å². The highest BCUT2D eigenvalue weighted by atomic mass is 19.1. The molecule has 14 nitrogen and oxygen atoms in total. The number of aromatic nitrogens is 2. The smallest absolute Gasteiger partial charge is 0.262 e. The largest absolute Gasteiger partial charge is 0.507 e. The number of nitrogens with zero attached hydrogens (tertiary/aromatic N) is 7. The Hall–Kier alpha value is -5.15. The van der Waals surface area contributed by atoms with Crippen LogP contribution in [-0.2, 0) is 9.59 Å². The average Bonchev–Trinajstić information content (AvgIpc) is 3.42. The van der Waals surface area contributed by atoms with Crippen LogP contribution < -0.4 is 20.4 Å². The molecule has 0 radical (unpaired) electrons. The van der Waals surface area contributed by atoms with Crippen LogP contribution in [0.25, 0.3) is 11.3 Å². The van der Waals surface area contributed by atoms with E-state index in [1.165, 1.54) is 18.9 Å². The number of phenols is 1. The fraction of sp³-hybridized carbons (Fsp3) is 0.512. The molecule has 7 heterocycles. The van der Waals surface area contributed by atoms with Crippen molar-refractivity contribution in [3.63, 3.8) is 0 Å². The first kappa shape index (κ1) is 36.5. The zero-order valence-electron chi connectivity index (χ0n) is 31.6. The molecule has 0 aliphatic carbocycles. The predicted octanol–water partition coefficient (Wildman–Crippen LogP) is 3.32. The van der Waals surface area contributed by atoms with Gasteiger partial charge in [0.15, 0.2) is 5.82 Å². The highest BCUT2D eigenvalue weighted by Crippen LogP contribution is 2.38. The highest BCUT2D eigenvalue weighted by molar-refractivity contribution is 6.23. The number of halogens is 1. The molecule has 0 saturated carbocycles. The van der Waals surface area contributed by atoms with Crippen LogP contribution in [0, 0.1) is 17.7 Å². The van der Waals surface area contributed by atoms with Crippen molar-refractivity contribution in [1.82, 2.24) is 30.2 Å². The van der Waals surface area contributed by atoms with E-state index in [1.54, 1.807) is 12.1 Å². The van der Waals surface area contributed by atoms with Crippen LogP contribution in [0.3, 0.4) is 0 Å². The van der Waals surface area contributed by atoms with Crippen LogP contribution in [0.1, 0.15) is 66.2 Å². The summed E-state index contributed by atoms with van der Waals surface area (Å²) in [6.07, 6.45) is 4.22. The second-order valence-electron chi connectivity index (χ2n) is 16.4. The van der Waals surface area contributed by atoms with Crippen molar-refractivity contribution in [1.29, 1.82) is 0 Å². The van der Waals surface area contributed by atoms with Gasteiger partial charge in [0.1, 0.15) is 17.6 Å². The third-order valence-corrected chi connectivity index (χ3v) is 12.9. The summed E-state index contributed by atoms with van der Waals surface area (Å²) in [5, 5.41) is 24.9. The van der Waals surface area contributed by atoms with Gasteiger partial charge in [0.25, 0.3) is 11.8 Å². The third-order valence-electron chi connectivity index (χ3n) is 12.9. The van der Waals surface area contributed by atoms with Gasteiger partial charge in [0, 0.05) is 63.8 Å². The predicted molar refractivity (Wildman–Crippen MR) is 207 cm³/mol. The molecule has 4 saturated heterocycles. The Balaban J connectivity index is 0.755. The number of amides is 4. The van der Waals surface area contributed by atoms with E-state index in [0.29, 0.717) is 41.4 Å². The summed E-state index contributed by atoms with van der Waals surface area (Å²) in [5.74, 6) is -0.870. The first-order valence-electron chi connectivity index (χ1n) is 20.0. The molecule has 4 fully saturated rings. The van der Waals surface area contributed by atoms with Crippen molar-refractivity contribution in [2.24, 2.45) is 11.8 Å². The molecule has 294 valence electrons. The number of fused-ring (bicyclic) bond motifs is 4. The Morgan fingerprint density at radius 3 is 2.32 bits per heavy atom. The summed E-state index contributed by atoms with van der Waals surface area (Å²) in [6, 6.07) is 11.2. The Labute approximate surface area is 325 Å². The molecular formula is C41H48FN9O5. The maximum Gasteiger partial charge on any atom is 0.262 e. The first-order chi connectivity index (χ1) is 27.1. The number of nitrogens with one attached hydrogen (secondary N) is 2. The molecule has 1 unspecified atom stereocenters. The fourth-order valence-electron chi connectivity index (χ4n) is 9.91. The summed E-state index contributed by atoms with van der Waals surface area (Å²) in [6.45, 7) is 10.7. The molecule has 0 bridgehead atoms. The highest BCUT2D eigenvalue weighted by Gasteiger charge is 2.46. The van der Waals surface area contributed by atoms with Gasteiger partial charge >= 0.3 is 0 Å². The molecule has 3 aromatic rings. The lowest BCUT2D eigenvalue weighted by Crippen LogP contribution is -2.58. The van der Waals surface area contributed by atoms with E-state index in [2.05, 4.69) is 42.5 Å². The van der Waals surface area contributed by atoms with Gasteiger partial charge in [-0.25, -0.2) is 4.39 Å². The second kappa shape index (κ2) is 14.7. The molecule has 4 atom stereocenters. The van der Waals surface area contributed by atoms with E-state index in [-0.39, 0.29) is 35.8 Å². The monoisotopic (exact) mass is 765 g/mol. The standard InChI is InChI=1S/C41H48FN9O5/c1-24-16-26(10-13-49(24)34-18-30-29(17-31(34)42)40(55)51(41(30)56)33-6-7-37(53)44-39(33)54)22-47-11-8-25(9-12-47)21-48-14-15-50-27(23-48)20-43-38-35(50)19-32(45-46-38)28-4-2-3-5-36(28)52/h2-5,17-19,24-27,33,52H,6-16,20-23H2,1H3,(H,43,46)(H,44,53,54)/t24-,26-,27+,33?/m1/s1. The fourth-order valence-corrected chi connectivity index (χ4v) is 9.91. The Morgan fingerprint density at radius 1 is 0.804 bits per heavy atom. The van der Waals surface area contributed by atoms with E-state index in [9.17, 15) is 24.3 Å². The van der Waals surface area contributed by atoms with E-state index < -0.39 is 35.5 Å². The van der Waals surface area contributed by atoms with Gasteiger partial charge in [-0.3, -0.25) is 34.3 Å². The van der Waals surface area contributed by atoms with Crippen LogP contribution in [0.4, 0.5) is 21.6 Å². The van der Waals surface area contributed by atoms with Crippen molar-refractivity contribution < 1.29 is 28.7 Å². The molecule has 4 amide bonds. The SMILES string of the molecule is C[C@@H]1C[C@H](CN2CCC(CN3CCN4c5cc(-c6ccccc6O)nnc5NC[C@H]4C3)CC2)CCN1c1cc2c(cc1F)C(=O)N(C1CCC(=O)NC1=O)C2=O. The minimum atomic E-state index is -1.08. The van der Waals surface area contributed by atoms with E-state index in [0.717, 1.165) is 87.7 Å². The number of hydrogen-bond acceptors (Lipinski definition) is 12. The molecule has 15 heteroatoms. The summed E-state index contributed by atoms with van der Waals surface area (Å²) < 4.78 is 15.6. The van der Waals surface area contributed by atoms with Gasteiger partial charge in [-0.15, -0.1) is 10.2 Å². The lowest BCUT2D eigenvalue weighted by Gasteiger charge is -2.47. The van der Waals surface area contributed by atoms with E-state index in [1.807, 2.05) is 23.1 Å². The van der Waals surface area contributed by atoms with E-state index in [4.69, 9.17) is 0 Å². The topological polar surface area (TPSA) is 155 Å². The molecule has 6 aliphatic rings. The van der Waals surface area contributed by atoms with Crippen LogP contribution in [-0.4, -0.2) is 131 Å². The zero-order valence-corrected chi connectivity index (χ0v) is 31.6. The van der Waals surface area contributed by atoms with Crippen molar-refractivity contribution in [3.8, 4) is 17.0 Å². The van der Waals surface area contributed by atoms with Gasteiger partial charge in [-0.1, -0.05) is 12.1 Å². The van der Waals surface area contributed by atoms with Crippen LogP contribution in [0.5, 0.6) is 5.75 Å². The number of hydrogen-bond donors (Lipinski definition) is 3. The van der Waals surface area contributed by atoms with Gasteiger partial charge in [0.2, 0.25) is 11.8 Å². The number of carbonyl (C=O) groups is 4. The molecular weight excluding hydrogens is 718 g/mol. The summed E-state index contributed by atoms with van der Waals surface area (Å²) in [5.41, 5.74) is 2.77. The molecule has 0 spiro atoms. The second-order valence-corrected chi connectivity index (χ2v) is 16.4. The Morgan fingerprint density at radius 2 is 1.55 bits per heavy atom. The quantitative estimate of drug-likeness (QED) is 0.303. The maximum atomic E-state index is 15.6. The lowest BCUT2D eigenvalue weighted by molar-refractivity contribution is -0.136. The van der Waals surface area contributed by atoms with Crippen molar-refractivity contribution in [3.05, 3.63) is 59.4 Å². The van der Waals surface area contributed by atoms with Gasteiger partial charge < -0.3 is 25.1 Å². The number of aromatic hydroxyl groups is 1. The number of para-hydroxylation sites is 1.